The van der Waals surface area contributed by atoms with Gasteiger partial charge in [-0.3, -0.25) is 4.79 Å². The number of carbonyl (C=O) groups excluding carboxylic acids is 1. The number of ether oxygens (including phenoxy) is 1. The molecule has 0 spiro atoms. The molecule has 1 amide bonds. The van der Waals surface area contributed by atoms with E-state index in [0.717, 1.165) is 32.4 Å². The molecular formula is C14H21N3O2. The highest BCUT2D eigenvalue weighted by molar-refractivity contribution is 5.98. The van der Waals surface area contributed by atoms with Crippen molar-refractivity contribution < 1.29 is 9.53 Å². The van der Waals surface area contributed by atoms with E-state index in [2.05, 4.69) is 22.5 Å². The van der Waals surface area contributed by atoms with Crippen LogP contribution in [0.2, 0.25) is 0 Å². The Labute approximate surface area is 113 Å². The fraction of sp³-hybridized carbons (Fsp3) is 0.571. The van der Waals surface area contributed by atoms with E-state index in [1.807, 2.05) is 0 Å². The van der Waals surface area contributed by atoms with E-state index in [1.54, 1.807) is 18.3 Å². The average Bonchev–Trinajstić information content (AvgIpc) is 2.46. The zero-order chi connectivity index (χ0) is 13.5. The summed E-state index contributed by atoms with van der Waals surface area (Å²) < 4.78 is 5.37. The molecule has 0 radical (unpaired) electrons. The Kier molecular flexibility index (Phi) is 5.15. The van der Waals surface area contributed by atoms with Gasteiger partial charge < -0.3 is 15.4 Å². The topological polar surface area (TPSA) is 63.2 Å². The molecule has 1 aromatic heterocycles. The van der Waals surface area contributed by atoms with Gasteiger partial charge in [0.2, 0.25) is 0 Å². The second-order valence-electron chi connectivity index (χ2n) is 4.71. The van der Waals surface area contributed by atoms with Crippen molar-refractivity contribution in [2.45, 2.75) is 32.2 Å². The molecule has 0 aromatic carbocycles. The highest BCUT2D eigenvalue weighted by Crippen LogP contribution is 2.13. The molecule has 1 aliphatic rings. The summed E-state index contributed by atoms with van der Waals surface area (Å²) in [4.78, 5) is 16.5. The van der Waals surface area contributed by atoms with Crippen LogP contribution in [0.15, 0.2) is 18.3 Å². The standard InChI is InChI=1S/C14H21N3O2/c1-2-7-15-13-12(6-3-8-16-13)14(18)17-11-5-4-9-19-10-11/h3,6,8,11H,2,4-5,7,9-10H2,1H3,(H,15,16)(H,17,18). The van der Waals surface area contributed by atoms with Gasteiger partial charge in [-0.25, -0.2) is 4.98 Å². The van der Waals surface area contributed by atoms with Crippen LogP contribution < -0.4 is 10.6 Å². The number of hydrogen-bond donors (Lipinski definition) is 2. The smallest absolute Gasteiger partial charge is 0.255 e. The van der Waals surface area contributed by atoms with Crippen molar-refractivity contribution in [1.82, 2.24) is 10.3 Å². The van der Waals surface area contributed by atoms with Crippen LogP contribution in [0.5, 0.6) is 0 Å². The number of rotatable bonds is 5. The molecule has 2 N–H and O–H groups in total. The first-order valence-electron chi connectivity index (χ1n) is 6.88. The van der Waals surface area contributed by atoms with Gasteiger partial charge in [-0.1, -0.05) is 6.92 Å². The quantitative estimate of drug-likeness (QED) is 0.850. The lowest BCUT2D eigenvalue weighted by molar-refractivity contribution is 0.0624. The summed E-state index contributed by atoms with van der Waals surface area (Å²) in [5.41, 5.74) is 0.599. The largest absolute Gasteiger partial charge is 0.379 e. The fourth-order valence-corrected chi connectivity index (χ4v) is 2.09. The number of amides is 1. The lowest BCUT2D eigenvalue weighted by Gasteiger charge is -2.23. The zero-order valence-corrected chi connectivity index (χ0v) is 11.3. The van der Waals surface area contributed by atoms with Gasteiger partial charge in [0.1, 0.15) is 5.82 Å². The first-order chi connectivity index (χ1) is 9.31. The molecule has 19 heavy (non-hydrogen) atoms. The molecule has 0 saturated carbocycles. The van der Waals surface area contributed by atoms with E-state index in [-0.39, 0.29) is 11.9 Å². The number of nitrogens with zero attached hydrogens (tertiary/aromatic N) is 1. The summed E-state index contributed by atoms with van der Waals surface area (Å²) in [5.74, 6) is 0.570. The molecule has 2 rings (SSSR count). The SMILES string of the molecule is CCCNc1ncccc1C(=O)NC1CCCOC1. The molecule has 1 aromatic rings. The summed E-state index contributed by atoms with van der Waals surface area (Å²) in [5, 5.41) is 6.19. The third-order valence-corrected chi connectivity index (χ3v) is 3.09. The normalized spacial score (nSPS) is 18.9. The highest BCUT2D eigenvalue weighted by Gasteiger charge is 2.19. The highest BCUT2D eigenvalue weighted by atomic mass is 16.5. The Morgan fingerprint density at radius 1 is 1.58 bits per heavy atom. The van der Waals surface area contributed by atoms with Crippen molar-refractivity contribution >= 4 is 11.7 Å². The Morgan fingerprint density at radius 2 is 2.47 bits per heavy atom. The van der Waals surface area contributed by atoms with Gasteiger partial charge in [0, 0.05) is 19.3 Å². The average molecular weight is 263 g/mol. The third kappa shape index (κ3) is 3.92. The van der Waals surface area contributed by atoms with Crippen LogP contribution in [0.4, 0.5) is 5.82 Å². The Bertz CT molecular complexity index is 417. The number of nitrogens with one attached hydrogen (secondary N) is 2. The van der Waals surface area contributed by atoms with Gasteiger partial charge in [-0.15, -0.1) is 0 Å². The van der Waals surface area contributed by atoms with Crippen LogP contribution in [0.3, 0.4) is 0 Å². The zero-order valence-electron chi connectivity index (χ0n) is 11.3. The van der Waals surface area contributed by atoms with Gasteiger partial charge in [-0.05, 0) is 31.4 Å². The number of hydrogen-bond acceptors (Lipinski definition) is 4. The molecule has 1 atom stereocenters. The number of anilines is 1. The van der Waals surface area contributed by atoms with Crippen LogP contribution in [-0.4, -0.2) is 36.7 Å². The van der Waals surface area contributed by atoms with Crippen molar-refractivity contribution in [2.24, 2.45) is 0 Å². The van der Waals surface area contributed by atoms with Crippen molar-refractivity contribution in [3.8, 4) is 0 Å². The van der Waals surface area contributed by atoms with Gasteiger partial charge in [0.15, 0.2) is 0 Å². The van der Waals surface area contributed by atoms with E-state index in [1.165, 1.54) is 0 Å². The van der Waals surface area contributed by atoms with Gasteiger partial charge >= 0.3 is 0 Å². The summed E-state index contributed by atoms with van der Waals surface area (Å²) in [7, 11) is 0. The molecule has 2 heterocycles. The molecule has 1 aliphatic heterocycles. The number of pyridine rings is 1. The minimum absolute atomic E-state index is 0.0813. The lowest BCUT2D eigenvalue weighted by Crippen LogP contribution is -2.40. The first kappa shape index (κ1) is 13.8. The number of aromatic nitrogens is 1. The van der Waals surface area contributed by atoms with Gasteiger partial charge in [0.25, 0.3) is 5.91 Å². The van der Waals surface area contributed by atoms with Crippen molar-refractivity contribution in [2.75, 3.05) is 25.1 Å². The van der Waals surface area contributed by atoms with Crippen LogP contribution in [0.25, 0.3) is 0 Å². The summed E-state index contributed by atoms with van der Waals surface area (Å²) in [6.07, 6.45) is 4.66. The van der Waals surface area contributed by atoms with Crippen molar-refractivity contribution in [1.29, 1.82) is 0 Å². The van der Waals surface area contributed by atoms with E-state index >= 15 is 0 Å². The van der Waals surface area contributed by atoms with Crippen LogP contribution in [-0.2, 0) is 4.74 Å². The summed E-state index contributed by atoms with van der Waals surface area (Å²) in [6.45, 7) is 4.28. The Hall–Kier alpha value is -1.62. The molecule has 0 bridgehead atoms. The molecule has 104 valence electrons. The molecule has 5 heteroatoms. The van der Waals surface area contributed by atoms with Gasteiger partial charge in [-0.2, -0.15) is 0 Å². The van der Waals surface area contributed by atoms with E-state index in [4.69, 9.17) is 4.74 Å². The summed E-state index contributed by atoms with van der Waals surface area (Å²) in [6, 6.07) is 3.69. The predicted molar refractivity (Wildman–Crippen MR) is 74.3 cm³/mol. The lowest BCUT2D eigenvalue weighted by atomic mass is 10.1. The molecule has 1 unspecified atom stereocenters. The van der Waals surface area contributed by atoms with Crippen molar-refractivity contribution in [3.63, 3.8) is 0 Å². The second kappa shape index (κ2) is 7.09. The Balaban J connectivity index is 2.00. The maximum Gasteiger partial charge on any atom is 0.255 e. The minimum Gasteiger partial charge on any atom is -0.379 e. The Morgan fingerprint density at radius 3 is 3.21 bits per heavy atom. The van der Waals surface area contributed by atoms with Crippen molar-refractivity contribution in [3.05, 3.63) is 23.9 Å². The van der Waals surface area contributed by atoms with Gasteiger partial charge in [0.05, 0.1) is 18.2 Å². The molecule has 1 saturated heterocycles. The third-order valence-electron chi connectivity index (χ3n) is 3.09. The molecule has 1 fully saturated rings. The fourth-order valence-electron chi connectivity index (χ4n) is 2.09. The van der Waals surface area contributed by atoms with E-state index < -0.39 is 0 Å². The van der Waals surface area contributed by atoms with Crippen LogP contribution in [0.1, 0.15) is 36.5 Å². The molecular weight excluding hydrogens is 242 g/mol. The number of carbonyl (C=O) groups is 1. The molecule has 0 aliphatic carbocycles. The maximum absolute atomic E-state index is 12.3. The minimum atomic E-state index is -0.0813. The van der Waals surface area contributed by atoms with E-state index in [0.29, 0.717) is 18.0 Å². The maximum atomic E-state index is 12.3. The molecule has 5 nitrogen and oxygen atoms in total. The van der Waals surface area contributed by atoms with Crippen LogP contribution >= 0.6 is 0 Å². The first-order valence-corrected chi connectivity index (χ1v) is 6.88. The monoisotopic (exact) mass is 263 g/mol. The summed E-state index contributed by atoms with van der Waals surface area (Å²) >= 11 is 0. The van der Waals surface area contributed by atoms with Crippen LogP contribution in [0, 0.1) is 0 Å². The predicted octanol–water partition coefficient (Wildman–Crippen LogP) is 1.81. The van der Waals surface area contributed by atoms with E-state index in [9.17, 15) is 4.79 Å². The second-order valence-corrected chi connectivity index (χ2v) is 4.71.